The summed E-state index contributed by atoms with van der Waals surface area (Å²) in [5, 5.41) is 2.80. The summed E-state index contributed by atoms with van der Waals surface area (Å²) in [5.74, 6) is 1.67. The molecule has 3 heteroatoms. The lowest BCUT2D eigenvalue weighted by Crippen LogP contribution is -2.36. The number of hydrogen-bond donors (Lipinski definition) is 1. The van der Waals surface area contributed by atoms with Crippen LogP contribution in [-0.2, 0) is 4.74 Å². The van der Waals surface area contributed by atoms with Crippen LogP contribution >= 0.6 is 0 Å². The molecule has 0 aliphatic heterocycles. The Morgan fingerprint density at radius 2 is 1.95 bits per heavy atom. The molecule has 0 aromatic heterocycles. The van der Waals surface area contributed by atoms with Gasteiger partial charge in [0.2, 0.25) is 0 Å². The second-order valence-corrected chi connectivity index (χ2v) is 6.26. The van der Waals surface area contributed by atoms with Crippen LogP contribution in [-0.4, -0.2) is 12.2 Å². The van der Waals surface area contributed by atoms with E-state index < -0.39 is 0 Å². The van der Waals surface area contributed by atoms with E-state index in [0.717, 1.165) is 18.5 Å². The maximum absolute atomic E-state index is 12.0. The van der Waals surface area contributed by atoms with E-state index >= 15 is 0 Å². The quantitative estimate of drug-likeness (QED) is 0.868. The van der Waals surface area contributed by atoms with Crippen molar-refractivity contribution in [2.24, 2.45) is 17.8 Å². The van der Waals surface area contributed by atoms with Crippen LogP contribution in [0.25, 0.3) is 0 Å². The van der Waals surface area contributed by atoms with Crippen molar-refractivity contribution in [1.29, 1.82) is 0 Å². The Balaban J connectivity index is 1.94. The summed E-state index contributed by atoms with van der Waals surface area (Å²) in [6.07, 6.45) is 3.08. The third-order valence-electron chi connectivity index (χ3n) is 4.24. The predicted octanol–water partition coefficient (Wildman–Crippen LogP) is 4.70. The van der Waals surface area contributed by atoms with Gasteiger partial charge < -0.3 is 4.74 Å². The van der Waals surface area contributed by atoms with Crippen LogP contribution in [0.15, 0.2) is 30.3 Å². The topological polar surface area (TPSA) is 38.3 Å². The zero-order valence-corrected chi connectivity index (χ0v) is 12.6. The Morgan fingerprint density at radius 1 is 1.25 bits per heavy atom. The molecule has 0 spiro atoms. The monoisotopic (exact) mass is 275 g/mol. The van der Waals surface area contributed by atoms with Gasteiger partial charge in [0, 0.05) is 5.69 Å². The second-order valence-electron chi connectivity index (χ2n) is 6.26. The van der Waals surface area contributed by atoms with Gasteiger partial charge >= 0.3 is 6.09 Å². The summed E-state index contributed by atoms with van der Waals surface area (Å²) < 4.78 is 5.69. The number of carbonyl (C=O) groups excluding carboxylic acids is 1. The van der Waals surface area contributed by atoms with Gasteiger partial charge in [-0.3, -0.25) is 5.32 Å². The van der Waals surface area contributed by atoms with E-state index in [4.69, 9.17) is 4.74 Å². The van der Waals surface area contributed by atoms with E-state index in [-0.39, 0.29) is 12.2 Å². The molecule has 1 saturated carbocycles. The molecule has 0 unspecified atom stereocenters. The van der Waals surface area contributed by atoms with E-state index in [1.54, 1.807) is 0 Å². The fourth-order valence-corrected chi connectivity index (χ4v) is 3.06. The van der Waals surface area contributed by atoms with Crippen molar-refractivity contribution in [2.45, 2.75) is 46.1 Å². The third kappa shape index (κ3) is 3.99. The van der Waals surface area contributed by atoms with Gasteiger partial charge in [0.1, 0.15) is 6.10 Å². The molecule has 2 rings (SSSR count). The lowest BCUT2D eigenvalue weighted by atomic mass is 9.75. The fourth-order valence-electron chi connectivity index (χ4n) is 3.06. The third-order valence-corrected chi connectivity index (χ3v) is 4.24. The number of benzene rings is 1. The summed E-state index contributed by atoms with van der Waals surface area (Å²) in [4.78, 5) is 12.0. The zero-order valence-electron chi connectivity index (χ0n) is 12.6. The van der Waals surface area contributed by atoms with Crippen LogP contribution in [0.2, 0.25) is 0 Å². The largest absolute Gasteiger partial charge is 0.446 e. The van der Waals surface area contributed by atoms with Gasteiger partial charge in [-0.05, 0) is 42.7 Å². The highest BCUT2D eigenvalue weighted by atomic mass is 16.6. The van der Waals surface area contributed by atoms with Crippen LogP contribution in [0, 0.1) is 17.8 Å². The molecule has 0 heterocycles. The number of amides is 1. The zero-order chi connectivity index (χ0) is 14.5. The molecule has 1 aliphatic rings. The molecule has 1 N–H and O–H groups in total. The maximum Gasteiger partial charge on any atom is 0.411 e. The van der Waals surface area contributed by atoms with E-state index in [1.807, 2.05) is 30.3 Å². The summed E-state index contributed by atoms with van der Waals surface area (Å²) in [7, 11) is 0. The predicted molar refractivity (Wildman–Crippen MR) is 81.7 cm³/mol. The van der Waals surface area contributed by atoms with E-state index in [1.165, 1.54) is 6.42 Å². The Morgan fingerprint density at radius 3 is 2.60 bits per heavy atom. The second kappa shape index (κ2) is 6.78. The maximum atomic E-state index is 12.0. The van der Waals surface area contributed by atoms with Crippen molar-refractivity contribution in [3.05, 3.63) is 30.3 Å². The van der Waals surface area contributed by atoms with Crippen LogP contribution < -0.4 is 5.32 Å². The molecule has 1 fully saturated rings. The molecule has 1 aliphatic carbocycles. The Labute approximate surface area is 121 Å². The average Bonchev–Trinajstić information content (AvgIpc) is 2.39. The Kier molecular flexibility index (Phi) is 5.05. The summed E-state index contributed by atoms with van der Waals surface area (Å²) in [6, 6.07) is 9.45. The fraction of sp³-hybridized carbons (Fsp3) is 0.588. The van der Waals surface area contributed by atoms with Gasteiger partial charge in [0.15, 0.2) is 0 Å². The standard InChI is InChI=1S/C17H25NO2/c1-12(2)15-10-9-13(3)11-16(15)20-17(19)18-14-7-5-4-6-8-14/h4-8,12-13,15-16H,9-11H2,1-3H3,(H,18,19)/t13-,15+,16-/m0/s1. The van der Waals surface area contributed by atoms with Crippen LogP contribution in [0.1, 0.15) is 40.0 Å². The molecule has 0 radical (unpaired) electrons. The molecule has 20 heavy (non-hydrogen) atoms. The smallest absolute Gasteiger partial charge is 0.411 e. The molecule has 3 atom stereocenters. The highest BCUT2D eigenvalue weighted by Crippen LogP contribution is 2.35. The number of hydrogen-bond acceptors (Lipinski definition) is 2. The minimum absolute atomic E-state index is 0.0439. The first kappa shape index (κ1) is 14.9. The molecule has 3 nitrogen and oxygen atoms in total. The SMILES string of the molecule is CC(C)[C@H]1CC[C@H](C)C[C@@H]1OC(=O)Nc1ccccc1. The molecule has 1 amide bonds. The van der Waals surface area contributed by atoms with Crippen molar-refractivity contribution in [1.82, 2.24) is 0 Å². The minimum Gasteiger partial charge on any atom is -0.446 e. The molecule has 0 saturated heterocycles. The van der Waals surface area contributed by atoms with E-state index in [9.17, 15) is 4.79 Å². The van der Waals surface area contributed by atoms with Crippen molar-refractivity contribution in [2.75, 3.05) is 5.32 Å². The average molecular weight is 275 g/mol. The Bertz CT molecular complexity index is 430. The first-order valence-electron chi connectivity index (χ1n) is 7.59. The van der Waals surface area contributed by atoms with Crippen LogP contribution in [0.5, 0.6) is 0 Å². The van der Waals surface area contributed by atoms with Gasteiger partial charge in [-0.2, -0.15) is 0 Å². The Hall–Kier alpha value is -1.51. The highest BCUT2D eigenvalue weighted by molar-refractivity contribution is 5.84. The normalized spacial score (nSPS) is 26.3. The summed E-state index contributed by atoms with van der Waals surface area (Å²) in [6.45, 7) is 6.67. The number of nitrogens with one attached hydrogen (secondary N) is 1. The number of para-hydroxylation sites is 1. The van der Waals surface area contributed by atoms with Crippen LogP contribution in [0.3, 0.4) is 0 Å². The first-order valence-corrected chi connectivity index (χ1v) is 7.59. The number of anilines is 1. The molecule has 1 aromatic carbocycles. The van der Waals surface area contributed by atoms with Gasteiger partial charge in [-0.1, -0.05) is 45.4 Å². The van der Waals surface area contributed by atoms with E-state index in [0.29, 0.717) is 17.8 Å². The van der Waals surface area contributed by atoms with Gasteiger partial charge in [-0.15, -0.1) is 0 Å². The van der Waals surface area contributed by atoms with Crippen LogP contribution in [0.4, 0.5) is 10.5 Å². The minimum atomic E-state index is -0.332. The first-order chi connectivity index (χ1) is 9.56. The molecular formula is C17H25NO2. The van der Waals surface area contributed by atoms with Gasteiger partial charge in [-0.25, -0.2) is 4.79 Å². The summed E-state index contributed by atoms with van der Waals surface area (Å²) >= 11 is 0. The molecule has 0 bridgehead atoms. The lowest BCUT2D eigenvalue weighted by molar-refractivity contribution is 0.0126. The number of ether oxygens (including phenoxy) is 1. The number of carbonyl (C=O) groups is 1. The van der Waals surface area contributed by atoms with Crippen molar-refractivity contribution < 1.29 is 9.53 Å². The van der Waals surface area contributed by atoms with Crippen molar-refractivity contribution >= 4 is 11.8 Å². The lowest BCUT2D eigenvalue weighted by Gasteiger charge is -2.36. The number of rotatable bonds is 3. The highest BCUT2D eigenvalue weighted by Gasteiger charge is 2.33. The molecule has 1 aromatic rings. The molecular weight excluding hydrogens is 250 g/mol. The van der Waals surface area contributed by atoms with Crippen molar-refractivity contribution in [3.63, 3.8) is 0 Å². The molecule has 110 valence electrons. The van der Waals surface area contributed by atoms with E-state index in [2.05, 4.69) is 26.1 Å². The summed E-state index contributed by atoms with van der Waals surface area (Å²) in [5.41, 5.74) is 0.780. The van der Waals surface area contributed by atoms with Gasteiger partial charge in [0.05, 0.1) is 0 Å². The van der Waals surface area contributed by atoms with Crippen molar-refractivity contribution in [3.8, 4) is 0 Å². The van der Waals surface area contributed by atoms with Gasteiger partial charge in [0.25, 0.3) is 0 Å².